The van der Waals surface area contributed by atoms with Crippen molar-refractivity contribution in [3.05, 3.63) is 73.3 Å². The molecule has 0 aromatic heterocycles. The van der Waals surface area contributed by atoms with E-state index in [-0.39, 0.29) is 5.04 Å². The van der Waals surface area contributed by atoms with E-state index < -0.39 is 20.9 Å². The van der Waals surface area contributed by atoms with Gasteiger partial charge < -0.3 is 10.2 Å². The number of hydrogen-bond donors (Lipinski definition) is 1. The van der Waals surface area contributed by atoms with Gasteiger partial charge in [-0.25, -0.2) is 0 Å². The van der Waals surface area contributed by atoms with E-state index in [1.54, 1.807) is 6.08 Å². The molecule has 3 heteroatoms. The van der Waals surface area contributed by atoms with Crippen LogP contribution in [0, 0.1) is 0 Å². The predicted octanol–water partition coefficient (Wildman–Crippen LogP) is 3.47. The van der Waals surface area contributed by atoms with Crippen LogP contribution in [0.5, 0.6) is 0 Å². The third-order valence-electron chi connectivity index (χ3n) is 4.20. The minimum absolute atomic E-state index is 0.295. The van der Waals surface area contributed by atoms with Crippen LogP contribution >= 0.6 is 0 Å². The van der Waals surface area contributed by atoms with Gasteiger partial charge in [0.25, 0.3) is 8.32 Å². The maximum absolute atomic E-state index is 8.58. The van der Waals surface area contributed by atoms with E-state index >= 15 is 0 Å². The molecule has 0 saturated carbocycles. The minimum Gasteiger partial charge on any atom is -0.406 e. The lowest BCUT2D eigenvalue weighted by molar-refractivity contribution is 0.272. The summed E-state index contributed by atoms with van der Waals surface area (Å²) in [6.07, 6.45) is 1.99. The Labute approximate surface area is 150 Å². The normalized spacial score (nSPS) is 15.3. The van der Waals surface area contributed by atoms with E-state index in [0.717, 1.165) is 10.4 Å². The van der Waals surface area contributed by atoms with Crippen LogP contribution in [-0.4, -0.2) is 20.9 Å². The second kappa shape index (κ2) is 7.93. The molecule has 0 saturated heterocycles. The van der Waals surface area contributed by atoms with Crippen LogP contribution < -0.4 is 16.1 Å². The van der Waals surface area contributed by atoms with Gasteiger partial charge in [-0.2, -0.15) is 0 Å². The second-order valence-electron chi connectivity index (χ2n) is 7.01. The molecule has 2 rings (SSSR count). The summed E-state index contributed by atoms with van der Waals surface area (Å²) in [5.41, 5.74) is 6.12. The summed E-state index contributed by atoms with van der Waals surface area (Å²) in [7, 11) is -2.97. The van der Waals surface area contributed by atoms with Crippen molar-refractivity contribution in [2.75, 3.05) is 6.56 Å². The van der Waals surface area contributed by atoms with Gasteiger partial charge in [-0.3, -0.25) is 0 Å². The summed E-state index contributed by atoms with van der Waals surface area (Å²) in [4.78, 5) is 0. The molecule has 2 aromatic rings. The SMILES string of the molecule is [2H]C([2H])(O[Si](c1ccccc1)(c1ccccc1)C(C)(C)C)[C@@H](N)CC=C. The molecule has 1 atom stereocenters. The number of nitrogens with two attached hydrogens (primary N) is 1. The molecule has 128 valence electrons. The van der Waals surface area contributed by atoms with Gasteiger partial charge in [-0.05, 0) is 21.8 Å². The summed E-state index contributed by atoms with van der Waals surface area (Å²) in [5, 5.41) is 1.78. The third kappa shape index (κ3) is 3.86. The van der Waals surface area contributed by atoms with E-state index in [2.05, 4.69) is 27.4 Å². The van der Waals surface area contributed by atoms with E-state index in [9.17, 15) is 0 Å². The van der Waals surface area contributed by atoms with Gasteiger partial charge in [-0.1, -0.05) is 87.5 Å². The van der Waals surface area contributed by atoms with Crippen molar-refractivity contribution in [2.24, 2.45) is 5.73 Å². The molecule has 0 fully saturated rings. The number of hydrogen-bond acceptors (Lipinski definition) is 2. The second-order valence-corrected chi connectivity index (χ2v) is 11.2. The predicted molar refractivity (Wildman–Crippen MR) is 106 cm³/mol. The molecule has 0 aliphatic carbocycles. The first-order chi connectivity index (χ1) is 12.1. The first-order valence-electron chi connectivity index (χ1n) is 9.33. The zero-order valence-corrected chi connectivity index (χ0v) is 15.8. The zero-order valence-electron chi connectivity index (χ0n) is 16.8. The van der Waals surface area contributed by atoms with Crippen molar-refractivity contribution >= 4 is 18.7 Å². The van der Waals surface area contributed by atoms with Crippen molar-refractivity contribution < 1.29 is 7.17 Å². The van der Waals surface area contributed by atoms with Crippen molar-refractivity contribution in [3.8, 4) is 0 Å². The van der Waals surface area contributed by atoms with Gasteiger partial charge in [0.2, 0.25) is 0 Å². The van der Waals surface area contributed by atoms with Gasteiger partial charge in [0, 0.05) is 6.04 Å². The topological polar surface area (TPSA) is 35.2 Å². The first kappa shape index (κ1) is 15.8. The van der Waals surface area contributed by atoms with E-state index in [1.165, 1.54) is 0 Å². The Hall–Kier alpha value is -1.68. The Kier molecular flexibility index (Phi) is 5.23. The lowest BCUT2D eigenvalue weighted by Gasteiger charge is -2.43. The third-order valence-corrected chi connectivity index (χ3v) is 9.03. The molecule has 0 amide bonds. The molecule has 0 aliphatic heterocycles. The first-order valence-corrected chi connectivity index (χ1v) is 10.2. The van der Waals surface area contributed by atoms with Gasteiger partial charge in [-0.15, -0.1) is 6.58 Å². The average Bonchev–Trinajstić information content (AvgIpc) is 2.60. The molecule has 0 radical (unpaired) electrons. The van der Waals surface area contributed by atoms with Gasteiger partial charge in [0.15, 0.2) is 0 Å². The lowest BCUT2D eigenvalue weighted by Crippen LogP contribution is -2.67. The maximum Gasteiger partial charge on any atom is 0.261 e. The van der Waals surface area contributed by atoms with E-state index in [0.29, 0.717) is 6.42 Å². The van der Waals surface area contributed by atoms with E-state index in [4.69, 9.17) is 12.9 Å². The lowest BCUT2D eigenvalue weighted by atomic mass is 10.2. The Bertz CT molecular complexity index is 674. The fourth-order valence-corrected chi connectivity index (χ4v) is 7.30. The number of benzene rings is 2. The molecule has 0 heterocycles. The summed E-state index contributed by atoms with van der Waals surface area (Å²) in [6, 6.07) is 19.2. The van der Waals surface area contributed by atoms with Crippen LogP contribution in [0.2, 0.25) is 5.04 Å². The molecular formula is C21H29NOSi. The molecule has 0 spiro atoms. The van der Waals surface area contributed by atoms with Crippen LogP contribution in [0.4, 0.5) is 0 Å². The molecule has 2 nitrogen and oxygen atoms in total. The summed E-state index contributed by atoms with van der Waals surface area (Å²) < 4.78 is 23.6. The van der Waals surface area contributed by atoms with Gasteiger partial charge in [0.1, 0.15) is 0 Å². The summed E-state index contributed by atoms with van der Waals surface area (Å²) in [6.45, 7) is 8.07. The highest BCUT2D eigenvalue weighted by Gasteiger charge is 2.50. The highest BCUT2D eigenvalue weighted by Crippen LogP contribution is 2.36. The molecule has 2 N–H and O–H groups in total. The number of rotatable bonds is 7. The monoisotopic (exact) mass is 341 g/mol. The Balaban J connectivity index is 2.70. The largest absolute Gasteiger partial charge is 0.406 e. The van der Waals surface area contributed by atoms with Crippen LogP contribution in [0.1, 0.15) is 29.9 Å². The highest BCUT2D eigenvalue weighted by molar-refractivity contribution is 6.99. The average molecular weight is 342 g/mol. The summed E-state index contributed by atoms with van der Waals surface area (Å²) >= 11 is 0. The Morgan fingerprint density at radius 2 is 1.54 bits per heavy atom. The summed E-state index contributed by atoms with van der Waals surface area (Å²) in [5.74, 6) is 0. The molecule has 24 heavy (non-hydrogen) atoms. The van der Waals surface area contributed by atoms with Gasteiger partial charge >= 0.3 is 0 Å². The molecule has 0 bridgehead atoms. The van der Waals surface area contributed by atoms with E-state index in [1.807, 2.05) is 60.7 Å². The molecule has 2 aromatic carbocycles. The Morgan fingerprint density at radius 3 is 1.92 bits per heavy atom. The van der Waals surface area contributed by atoms with Crippen LogP contribution in [-0.2, 0) is 4.43 Å². The van der Waals surface area contributed by atoms with Gasteiger partial charge in [0.05, 0.1) is 9.30 Å². The molecular weight excluding hydrogens is 310 g/mol. The Morgan fingerprint density at radius 1 is 1.08 bits per heavy atom. The van der Waals surface area contributed by atoms with Crippen LogP contribution in [0.15, 0.2) is 73.3 Å². The van der Waals surface area contributed by atoms with Crippen molar-refractivity contribution in [2.45, 2.75) is 38.3 Å². The smallest absolute Gasteiger partial charge is 0.261 e. The van der Waals surface area contributed by atoms with Crippen molar-refractivity contribution in [1.29, 1.82) is 0 Å². The highest BCUT2D eigenvalue weighted by atomic mass is 28.4. The zero-order chi connectivity index (χ0) is 19.4. The van der Waals surface area contributed by atoms with Crippen molar-refractivity contribution in [3.63, 3.8) is 0 Å². The van der Waals surface area contributed by atoms with Crippen molar-refractivity contribution in [1.82, 2.24) is 0 Å². The fraction of sp³-hybridized carbons (Fsp3) is 0.333. The maximum atomic E-state index is 8.58. The fourth-order valence-electron chi connectivity index (χ4n) is 3.04. The minimum atomic E-state index is -2.97. The van der Waals surface area contributed by atoms with Crippen LogP contribution in [0.3, 0.4) is 0 Å². The molecule has 0 aliphatic rings. The standard InChI is InChI=1S/C21H29NOSi/c1-5-12-18(22)17-23-24(21(2,3)4,19-13-8-6-9-14-19)20-15-10-7-11-16-20/h5-11,13-16,18H,1,12,17,22H2,2-4H3/t18-/m0/s1/i17D2. The molecule has 0 unspecified atom stereocenters. The van der Waals surface area contributed by atoms with Crippen LogP contribution in [0.25, 0.3) is 0 Å². The quantitative estimate of drug-likeness (QED) is 0.618.